The lowest BCUT2D eigenvalue weighted by Crippen LogP contribution is -2.33. The normalized spacial score (nSPS) is 11.1. The van der Waals surface area contributed by atoms with Gasteiger partial charge in [0.15, 0.2) is 0 Å². The van der Waals surface area contributed by atoms with Crippen molar-refractivity contribution >= 4 is 29.2 Å². The van der Waals surface area contributed by atoms with Crippen molar-refractivity contribution in [3.63, 3.8) is 0 Å². The monoisotopic (exact) mass is 277 g/mol. The number of amides is 1. The number of alkyl halides is 2. The molecule has 7 heteroatoms. The van der Waals surface area contributed by atoms with Crippen LogP contribution in [0.1, 0.15) is 23.7 Å². The van der Waals surface area contributed by atoms with Gasteiger partial charge in [0.2, 0.25) is 0 Å². The summed E-state index contributed by atoms with van der Waals surface area (Å²) in [5.41, 5.74) is -0.153. The van der Waals surface area contributed by atoms with Crippen LogP contribution in [-0.2, 0) is 4.79 Å². The number of rotatable bonds is 4. The minimum absolute atomic E-state index is 0.0168. The molecule has 1 rings (SSSR count). The van der Waals surface area contributed by atoms with E-state index in [1.165, 1.54) is 13.0 Å². The first-order valence-electron chi connectivity index (χ1n) is 5.00. The molecule has 0 aromatic heterocycles. The van der Waals surface area contributed by atoms with Gasteiger partial charge in [0.25, 0.3) is 5.91 Å². The number of hydrogen-bond acceptors (Lipinski definition) is 2. The van der Waals surface area contributed by atoms with Crippen molar-refractivity contribution in [2.45, 2.75) is 19.3 Å². The van der Waals surface area contributed by atoms with E-state index in [0.29, 0.717) is 0 Å². The highest BCUT2D eigenvalue weighted by atomic mass is 35.5. The molecular formula is C11H10ClF2NO3. The molecule has 1 amide bonds. The maximum Gasteiger partial charge on any atom is 0.337 e. The largest absolute Gasteiger partial charge is 0.478 e. The molecule has 0 atom stereocenters. The van der Waals surface area contributed by atoms with Gasteiger partial charge in [-0.1, -0.05) is 18.5 Å². The molecule has 1 aromatic rings. The number of benzene rings is 1. The van der Waals surface area contributed by atoms with Crippen molar-refractivity contribution in [3.8, 4) is 0 Å². The molecule has 0 aliphatic rings. The van der Waals surface area contributed by atoms with Crippen molar-refractivity contribution in [2.24, 2.45) is 0 Å². The first kappa shape index (κ1) is 14.4. The van der Waals surface area contributed by atoms with E-state index in [0.717, 1.165) is 12.1 Å². The summed E-state index contributed by atoms with van der Waals surface area (Å²) < 4.78 is 26.0. The molecule has 0 unspecified atom stereocenters. The third kappa shape index (κ3) is 3.16. The molecule has 4 nitrogen and oxygen atoms in total. The molecule has 18 heavy (non-hydrogen) atoms. The fourth-order valence-corrected chi connectivity index (χ4v) is 1.41. The van der Waals surface area contributed by atoms with Crippen LogP contribution in [0.5, 0.6) is 0 Å². The third-order valence-electron chi connectivity index (χ3n) is 2.23. The zero-order valence-electron chi connectivity index (χ0n) is 9.34. The quantitative estimate of drug-likeness (QED) is 0.889. The summed E-state index contributed by atoms with van der Waals surface area (Å²) in [4.78, 5) is 21.8. The Labute approximate surface area is 107 Å². The van der Waals surface area contributed by atoms with Crippen LogP contribution in [0.2, 0.25) is 5.02 Å². The lowest BCUT2D eigenvalue weighted by Gasteiger charge is -2.14. The number of carboxylic acids is 1. The van der Waals surface area contributed by atoms with Crippen molar-refractivity contribution in [3.05, 3.63) is 28.8 Å². The van der Waals surface area contributed by atoms with Crippen LogP contribution in [0.4, 0.5) is 14.5 Å². The molecule has 1 aromatic carbocycles. The topological polar surface area (TPSA) is 66.4 Å². The second kappa shape index (κ2) is 5.30. The number of carbonyl (C=O) groups is 2. The molecule has 2 N–H and O–H groups in total. The summed E-state index contributed by atoms with van der Waals surface area (Å²) in [5, 5.41) is 10.5. The minimum Gasteiger partial charge on any atom is -0.478 e. The SMILES string of the molecule is CCC(F)(F)C(=O)Nc1ccc(C(=O)O)c(Cl)c1. The van der Waals surface area contributed by atoms with Crippen LogP contribution in [0.3, 0.4) is 0 Å². The summed E-state index contributed by atoms with van der Waals surface area (Å²) in [6.45, 7) is 1.18. The van der Waals surface area contributed by atoms with Gasteiger partial charge in [-0.3, -0.25) is 4.79 Å². The fourth-order valence-electron chi connectivity index (χ4n) is 1.15. The Morgan fingerprint density at radius 3 is 2.50 bits per heavy atom. The van der Waals surface area contributed by atoms with Gasteiger partial charge in [-0.25, -0.2) is 4.79 Å². The molecule has 98 valence electrons. The molecule has 0 aliphatic heterocycles. The highest BCUT2D eigenvalue weighted by Crippen LogP contribution is 2.24. The van der Waals surface area contributed by atoms with Gasteiger partial charge in [0.1, 0.15) is 0 Å². The van der Waals surface area contributed by atoms with Crippen LogP contribution in [0, 0.1) is 0 Å². The van der Waals surface area contributed by atoms with Crippen LogP contribution in [0.25, 0.3) is 0 Å². The van der Waals surface area contributed by atoms with E-state index in [1.54, 1.807) is 0 Å². The highest BCUT2D eigenvalue weighted by molar-refractivity contribution is 6.33. The number of halogens is 3. The first-order valence-corrected chi connectivity index (χ1v) is 5.38. The Balaban J connectivity index is 2.91. The van der Waals surface area contributed by atoms with Gasteiger partial charge in [0, 0.05) is 12.1 Å². The van der Waals surface area contributed by atoms with Crippen LogP contribution >= 0.6 is 11.6 Å². The van der Waals surface area contributed by atoms with Crippen molar-refractivity contribution in [2.75, 3.05) is 5.32 Å². The van der Waals surface area contributed by atoms with Gasteiger partial charge < -0.3 is 10.4 Å². The van der Waals surface area contributed by atoms with E-state index < -0.39 is 24.2 Å². The van der Waals surface area contributed by atoms with E-state index in [1.807, 2.05) is 5.32 Å². The van der Waals surface area contributed by atoms with Crippen molar-refractivity contribution < 1.29 is 23.5 Å². The molecule has 0 aliphatic carbocycles. The number of carboxylic acid groups (broad SMARTS) is 1. The van der Waals surface area contributed by atoms with Gasteiger partial charge in [-0.15, -0.1) is 0 Å². The van der Waals surface area contributed by atoms with E-state index >= 15 is 0 Å². The number of hydrogen-bond donors (Lipinski definition) is 2. The Kier molecular flexibility index (Phi) is 4.24. The van der Waals surface area contributed by atoms with Crippen LogP contribution < -0.4 is 5.32 Å². The molecule has 0 heterocycles. The molecule has 0 spiro atoms. The predicted octanol–water partition coefficient (Wildman–Crippen LogP) is 3.02. The standard InChI is InChI=1S/C11H10ClF2NO3/c1-2-11(13,14)10(18)15-6-3-4-7(9(16)17)8(12)5-6/h3-5H,2H2,1H3,(H,15,18)(H,16,17). The maximum absolute atomic E-state index is 13.0. The van der Waals surface area contributed by atoms with Gasteiger partial charge in [-0.05, 0) is 18.2 Å². The number of aromatic carboxylic acids is 1. The number of nitrogens with one attached hydrogen (secondary N) is 1. The second-order valence-electron chi connectivity index (χ2n) is 3.51. The molecule has 0 bridgehead atoms. The van der Waals surface area contributed by atoms with Gasteiger partial charge >= 0.3 is 11.9 Å². The van der Waals surface area contributed by atoms with Crippen molar-refractivity contribution in [1.29, 1.82) is 0 Å². The minimum atomic E-state index is -3.47. The van der Waals surface area contributed by atoms with Gasteiger partial charge in [0.05, 0.1) is 10.6 Å². The lowest BCUT2D eigenvalue weighted by molar-refractivity contribution is -0.139. The van der Waals surface area contributed by atoms with Gasteiger partial charge in [-0.2, -0.15) is 8.78 Å². The molecule has 0 saturated carbocycles. The highest BCUT2D eigenvalue weighted by Gasteiger charge is 2.36. The molecule has 0 saturated heterocycles. The second-order valence-corrected chi connectivity index (χ2v) is 3.92. The van der Waals surface area contributed by atoms with E-state index in [4.69, 9.17) is 16.7 Å². The van der Waals surface area contributed by atoms with E-state index in [9.17, 15) is 18.4 Å². The molecular weight excluding hydrogens is 268 g/mol. The number of anilines is 1. The summed E-state index contributed by atoms with van der Waals surface area (Å²) >= 11 is 5.64. The first-order chi connectivity index (χ1) is 8.27. The number of carbonyl (C=O) groups excluding carboxylic acids is 1. The Bertz CT molecular complexity index is 491. The zero-order valence-corrected chi connectivity index (χ0v) is 10.1. The summed E-state index contributed by atoms with van der Waals surface area (Å²) in [7, 11) is 0. The maximum atomic E-state index is 13.0. The van der Waals surface area contributed by atoms with E-state index in [-0.39, 0.29) is 16.3 Å². The zero-order chi connectivity index (χ0) is 13.9. The summed E-state index contributed by atoms with van der Waals surface area (Å²) in [6.07, 6.45) is -0.625. The Morgan fingerprint density at radius 1 is 1.44 bits per heavy atom. The summed E-state index contributed by atoms with van der Waals surface area (Å²) in [5.74, 6) is -6.17. The molecule has 0 fully saturated rings. The lowest BCUT2D eigenvalue weighted by atomic mass is 10.2. The van der Waals surface area contributed by atoms with Crippen molar-refractivity contribution in [1.82, 2.24) is 0 Å². The Hall–Kier alpha value is -1.69. The fraction of sp³-hybridized carbons (Fsp3) is 0.273. The van der Waals surface area contributed by atoms with Crippen LogP contribution in [-0.4, -0.2) is 22.9 Å². The summed E-state index contributed by atoms with van der Waals surface area (Å²) in [6, 6.07) is 3.43. The third-order valence-corrected chi connectivity index (χ3v) is 2.55. The average Bonchev–Trinajstić information content (AvgIpc) is 2.28. The average molecular weight is 278 g/mol. The molecule has 0 radical (unpaired) electrons. The van der Waals surface area contributed by atoms with Crippen LogP contribution in [0.15, 0.2) is 18.2 Å². The predicted molar refractivity (Wildman–Crippen MR) is 62.3 cm³/mol. The smallest absolute Gasteiger partial charge is 0.337 e. The van der Waals surface area contributed by atoms with E-state index in [2.05, 4.69) is 0 Å². The Morgan fingerprint density at radius 2 is 2.06 bits per heavy atom.